The first-order chi connectivity index (χ1) is 9.04. The van der Waals surface area contributed by atoms with Crippen LogP contribution in [0.3, 0.4) is 0 Å². The van der Waals surface area contributed by atoms with Crippen LogP contribution < -0.4 is 5.32 Å². The summed E-state index contributed by atoms with van der Waals surface area (Å²) < 4.78 is 2.12. The molecule has 3 nitrogen and oxygen atoms in total. The lowest BCUT2D eigenvalue weighted by molar-refractivity contribution is 0.420. The topological polar surface area (TPSA) is 29.9 Å². The standard InChI is InChI=1S/C16H29N3/c1-5-14(4)19-9-6-15(18-19)10-16(7-8-16)12-17-11-13(2)3/h6,9,13-14,17H,5,7-8,10-12H2,1-4H3. The van der Waals surface area contributed by atoms with Crippen LogP contribution in [0.4, 0.5) is 0 Å². The summed E-state index contributed by atoms with van der Waals surface area (Å²) in [7, 11) is 0. The van der Waals surface area contributed by atoms with Gasteiger partial charge in [-0.15, -0.1) is 0 Å². The minimum atomic E-state index is 0.503. The van der Waals surface area contributed by atoms with E-state index >= 15 is 0 Å². The van der Waals surface area contributed by atoms with Gasteiger partial charge >= 0.3 is 0 Å². The molecule has 1 aromatic heterocycles. The van der Waals surface area contributed by atoms with Gasteiger partial charge in [-0.2, -0.15) is 5.10 Å². The first-order valence-corrected chi connectivity index (χ1v) is 7.79. The highest BCUT2D eigenvalue weighted by atomic mass is 15.3. The molecule has 1 aromatic rings. The smallest absolute Gasteiger partial charge is 0.0630 e. The quantitative estimate of drug-likeness (QED) is 0.779. The molecule has 19 heavy (non-hydrogen) atoms. The zero-order valence-corrected chi connectivity index (χ0v) is 12.9. The lowest BCUT2D eigenvalue weighted by Crippen LogP contribution is -2.28. The van der Waals surface area contributed by atoms with Gasteiger partial charge in [0.25, 0.3) is 0 Å². The zero-order chi connectivity index (χ0) is 13.9. The van der Waals surface area contributed by atoms with Gasteiger partial charge in [-0.25, -0.2) is 0 Å². The minimum absolute atomic E-state index is 0.503. The second kappa shape index (κ2) is 6.08. The molecular formula is C16H29N3. The largest absolute Gasteiger partial charge is 0.316 e. The molecule has 0 amide bonds. The molecule has 1 fully saturated rings. The third-order valence-corrected chi connectivity index (χ3v) is 4.27. The van der Waals surface area contributed by atoms with Crippen LogP contribution in [0.15, 0.2) is 12.3 Å². The van der Waals surface area contributed by atoms with E-state index in [-0.39, 0.29) is 0 Å². The van der Waals surface area contributed by atoms with Crippen LogP contribution in [0, 0.1) is 11.3 Å². The van der Waals surface area contributed by atoms with Gasteiger partial charge in [-0.1, -0.05) is 20.8 Å². The molecular weight excluding hydrogens is 234 g/mol. The van der Waals surface area contributed by atoms with E-state index in [0.29, 0.717) is 11.5 Å². The average Bonchev–Trinajstić information content (AvgIpc) is 2.96. The summed E-state index contributed by atoms with van der Waals surface area (Å²) >= 11 is 0. The zero-order valence-electron chi connectivity index (χ0n) is 12.9. The van der Waals surface area contributed by atoms with Crippen molar-refractivity contribution in [3.63, 3.8) is 0 Å². The molecule has 1 atom stereocenters. The summed E-state index contributed by atoms with van der Waals surface area (Å²) in [5.41, 5.74) is 1.77. The molecule has 0 spiro atoms. The predicted octanol–water partition coefficient (Wildman–Crippen LogP) is 3.42. The van der Waals surface area contributed by atoms with E-state index < -0.39 is 0 Å². The maximum Gasteiger partial charge on any atom is 0.0630 e. The van der Waals surface area contributed by atoms with Crippen molar-refractivity contribution in [2.24, 2.45) is 11.3 Å². The monoisotopic (exact) mass is 263 g/mol. The van der Waals surface area contributed by atoms with E-state index in [2.05, 4.69) is 50.0 Å². The van der Waals surface area contributed by atoms with Crippen molar-refractivity contribution < 1.29 is 0 Å². The number of nitrogens with one attached hydrogen (secondary N) is 1. The lowest BCUT2D eigenvalue weighted by Gasteiger charge is -2.16. The lowest BCUT2D eigenvalue weighted by atomic mass is 10.00. The second-order valence-corrected chi connectivity index (χ2v) is 6.75. The maximum absolute atomic E-state index is 4.74. The number of hydrogen-bond acceptors (Lipinski definition) is 2. The minimum Gasteiger partial charge on any atom is -0.316 e. The van der Waals surface area contributed by atoms with E-state index in [0.717, 1.165) is 31.8 Å². The highest BCUT2D eigenvalue weighted by Gasteiger charge is 2.42. The fourth-order valence-electron chi connectivity index (χ4n) is 2.51. The number of hydrogen-bond donors (Lipinski definition) is 1. The summed E-state index contributed by atoms with van der Waals surface area (Å²) in [6.07, 6.45) is 7.13. The Morgan fingerprint density at radius 1 is 1.37 bits per heavy atom. The van der Waals surface area contributed by atoms with Crippen molar-refractivity contribution in [3.05, 3.63) is 18.0 Å². The summed E-state index contributed by atoms with van der Waals surface area (Å²) in [6, 6.07) is 2.72. The van der Waals surface area contributed by atoms with Crippen LogP contribution in [-0.2, 0) is 6.42 Å². The van der Waals surface area contributed by atoms with Gasteiger partial charge in [0.1, 0.15) is 0 Å². The van der Waals surface area contributed by atoms with Crippen molar-refractivity contribution in [2.75, 3.05) is 13.1 Å². The molecule has 0 aromatic carbocycles. The normalized spacial score (nSPS) is 18.8. The Balaban J connectivity index is 1.85. The van der Waals surface area contributed by atoms with Gasteiger partial charge in [-0.3, -0.25) is 4.68 Å². The first kappa shape index (κ1) is 14.6. The highest BCUT2D eigenvalue weighted by Crippen LogP contribution is 2.47. The Labute approximate surface area is 117 Å². The van der Waals surface area contributed by atoms with Crippen LogP contribution in [0.5, 0.6) is 0 Å². The fraction of sp³-hybridized carbons (Fsp3) is 0.812. The van der Waals surface area contributed by atoms with Crippen molar-refractivity contribution in [1.29, 1.82) is 0 Å². The molecule has 1 heterocycles. The summed E-state index contributed by atoms with van der Waals surface area (Å²) in [5.74, 6) is 0.736. The van der Waals surface area contributed by atoms with Gasteiger partial charge in [0, 0.05) is 18.8 Å². The van der Waals surface area contributed by atoms with Gasteiger partial charge in [-0.05, 0) is 56.6 Å². The number of aromatic nitrogens is 2. The maximum atomic E-state index is 4.74. The molecule has 0 radical (unpaired) electrons. The Bertz CT molecular complexity index is 390. The number of nitrogens with zero attached hydrogens (tertiary/aromatic N) is 2. The van der Waals surface area contributed by atoms with Crippen LogP contribution in [0.1, 0.15) is 58.7 Å². The van der Waals surface area contributed by atoms with E-state index in [1.54, 1.807) is 0 Å². The van der Waals surface area contributed by atoms with Crippen LogP contribution in [-0.4, -0.2) is 22.9 Å². The van der Waals surface area contributed by atoms with Gasteiger partial charge < -0.3 is 5.32 Å². The SMILES string of the molecule is CCC(C)n1ccc(CC2(CNCC(C)C)CC2)n1. The van der Waals surface area contributed by atoms with Crippen molar-refractivity contribution in [1.82, 2.24) is 15.1 Å². The molecule has 0 saturated heterocycles. The third kappa shape index (κ3) is 4.07. The van der Waals surface area contributed by atoms with Gasteiger partial charge in [0.2, 0.25) is 0 Å². The molecule has 1 saturated carbocycles. The van der Waals surface area contributed by atoms with Crippen molar-refractivity contribution in [3.8, 4) is 0 Å². The molecule has 1 N–H and O–H groups in total. The Kier molecular flexibility index (Phi) is 4.67. The molecule has 108 valence electrons. The summed E-state index contributed by atoms with van der Waals surface area (Å²) in [5, 5.41) is 8.35. The first-order valence-electron chi connectivity index (χ1n) is 7.79. The average molecular weight is 263 g/mol. The predicted molar refractivity (Wildman–Crippen MR) is 80.3 cm³/mol. The molecule has 1 unspecified atom stereocenters. The molecule has 3 heteroatoms. The van der Waals surface area contributed by atoms with E-state index in [1.165, 1.54) is 18.5 Å². The summed E-state index contributed by atoms with van der Waals surface area (Å²) in [6.45, 7) is 11.3. The Hall–Kier alpha value is -0.830. The van der Waals surface area contributed by atoms with Gasteiger partial charge in [0.15, 0.2) is 0 Å². The van der Waals surface area contributed by atoms with Crippen LogP contribution in [0.25, 0.3) is 0 Å². The molecule has 1 aliphatic rings. The van der Waals surface area contributed by atoms with Crippen LogP contribution in [0.2, 0.25) is 0 Å². The number of rotatable bonds is 8. The second-order valence-electron chi connectivity index (χ2n) is 6.75. The van der Waals surface area contributed by atoms with Gasteiger partial charge in [0.05, 0.1) is 5.69 Å². The third-order valence-electron chi connectivity index (χ3n) is 4.27. The summed E-state index contributed by atoms with van der Waals surface area (Å²) in [4.78, 5) is 0. The highest BCUT2D eigenvalue weighted by molar-refractivity contribution is 5.09. The Morgan fingerprint density at radius 2 is 2.11 bits per heavy atom. The van der Waals surface area contributed by atoms with E-state index in [4.69, 9.17) is 5.10 Å². The molecule has 1 aliphatic carbocycles. The molecule has 0 aliphatic heterocycles. The fourth-order valence-corrected chi connectivity index (χ4v) is 2.51. The van der Waals surface area contributed by atoms with E-state index in [1.807, 2.05) is 0 Å². The Morgan fingerprint density at radius 3 is 2.68 bits per heavy atom. The van der Waals surface area contributed by atoms with Crippen LogP contribution >= 0.6 is 0 Å². The molecule has 0 bridgehead atoms. The van der Waals surface area contributed by atoms with E-state index in [9.17, 15) is 0 Å². The van der Waals surface area contributed by atoms with Crippen molar-refractivity contribution in [2.45, 2.75) is 59.4 Å². The molecule has 2 rings (SSSR count). The van der Waals surface area contributed by atoms with Crippen molar-refractivity contribution >= 4 is 0 Å².